The second kappa shape index (κ2) is 6.22. The first-order valence-electron chi connectivity index (χ1n) is 8.16. The molecule has 1 saturated carbocycles. The van der Waals surface area contributed by atoms with E-state index in [1.165, 1.54) is 0 Å². The van der Waals surface area contributed by atoms with Crippen LogP contribution >= 0.6 is 0 Å². The average molecular weight is 294 g/mol. The Kier molecular flexibility index (Phi) is 4.33. The highest BCUT2D eigenvalue weighted by molar-refractivity contribution is 5.80. The molecule has 3 amide bonds. The van der Waals surface area contributed by atoms with Gasteiger partial charge in [-0.15, -0.1) is 0 Å². The number of piperidine rings is 1. The molecule has 0 unspecified atom stereocenters. The third-order valence-electron chi connectivity index (χ3n) is 4.85. The Balaban J connectivity index is 1.44. The van der Waals surface area contributed by atoms with Crippen molar-refractivity contribution in [3.63, 3.8) is 0 Å². The largest absolute Gasteiger partial charge is 0.340 e. The number of hydrogen-bond acceptors (Lipinski definition) is 3. The fourth-order valence-corrected chi connectivity index (χ4v) is 3.11. The molecule has 3 rings (SSSR count). The van der Waals surface area contributed by atoms with Crippen LogP contribution in [-0.4, -0.2) is 79.0 Å². The highest BCUT2D eigenvalue weighted by Crippen LogP contribution is 2.22. The molecule has 3 aliphatic rings. The molecule has 0 aromatic heterocycles. The van der Waals surface area contributed by atoms with Gasteiger partial charge in [0.2, 0.25) is 5.91 Å². The van der Waals surface area contributed by atoms with Crippen molar-refractivity contribution in [2.45, 2.75) is 31.7 Å². The van der Waals surface area contributed by atoms with Gasteiger partial charge in [0.25, 0.3) is 0 Å². The molecule has 6 heteroatoms. The van der Waals surface area contributed by atoms with E-state index in [-0.39, 0.29) is 11.9 Å². The Labute approximate surface area is 126 Å². The van der Waals surface area contributed by atoms with Crippen LogP contribution < -0.4 is 5.32 Å². The lowest BCUT2D eigenvalue weighted by Crippen LogP contribution is -2.51. The van der Waals surface area contributed by atoms with Crippen molar-refractivity contribution in [3.8, 4) is 0 Å². The minimum atomic E-state index is 0.0583. The van der Waals surface area contributed by atoms with Gasteiger partial charge in [0, 0.05) is 51.2 Å². The molecule has 0 bridgehead atoms. The molecule has 1 N–H and O–H groups in total. The Hall–Kier alpha value is -1.30. The number of piperazine rings is 1. The number of likely N-dealkylation sites (tertiary alicyclic amines) is 1. The Morgan fingerprint density at radius 1 is 0.857 bits per heavy atom. The van der Waals surface area contributed by atoms with Gasteiger partial charge in [-0.3, -0.25) is 4.79 Å². The summed E-state index contributed by atoms with van der Waals surface area (Å²) in [6, 6.07) is 0.463. The van der Waals surface area contributed by atoms with Crippen molar-refractivity contribution in [1.82, 2.24) is 20.0 Å². The summed E-state index contributed by atoms with van der Waals surface area (Å²) in [5.41, 5.74) is 0. The maximum absolute atomic E-state index is 12.5. The van der Waals surface area contributed by atoms with Crippen LogP contribution in [0.15, 0.2) is 0 Å². The lowest BCUT2D eigenvalue weighted by molar-refractivity contribution is -0.138. The molecule has 21 heavy (non-hydrogen) atoms. The average Bonchev–Trinajstić information content (AvgIpc) is 3.31. The number of nitrogens with one attached hydrogen (secondary N) is 1. The van der Waals surface area contributed by atoms with E-state index < -0.39 is 0 Å². The summed E-state index contributed by atoms with van der Waals surface area (Å²) in [5.74, 6) is 0.406. The van der Waals surface area contributed by atoms with Crippen molar-refractivity contribution in [2.75, 3.05) is 46.3 Å². The molecule has 118 valence electrons. The van der Waals surface area contributed by atoms with Crippen LogP contribution in [0.25, 0.3) is 0 Å². The van der Waals surface area contributed by atoms with Crippen LogP contribution in [0.1, 0.15) is 25.7 Å². The topological polar surface area (TPSA) is 55.9 Å². The summed E-state index contributed by atoms with van der Waals surface area (Å²) >= 11 is 0. The van der Waals surface area contributed by atoms with Gasteiger partial charge in [0.15, 0.2) is 0 Å². The zero-order chi connectivity index (χ0) is 14.8. The third kappa shape index (κ3) is 3.67. The number of carbonyl (C=O) groups is 2. The molecule has 0 atom stereocenters. The van der Waals surface area contributed by atoms with E-state index in [4.69, 9.17) is 0 Å². The minimum absolute atomic E-state index is 0.0583. The highest BCUT2D eigenvalue weighted by atomic mass is 16.2. The number of nitrogens with zero attached hydrogens (tertiary/aromatic N) is 3. The van der Waals surface area contributed by atoms with E-state index in [1.807, 2.05) is 9.80 Å². The Bertz CT molecular complexity index is 394. The van der Waals surface area contributed by atoms with Crippen LogP contribution in [0.4, 0.5) is 4.79 Å². The molecule has 0 aromatic rings. The zero-order valence-corrected chi connectivity index (χ0v) is 12.9. The summed E-state index contributed by atoms with van der Waals surface area (Å²) in [6.45, 7) is 5.05. The first kappa shape index (κ1) is 14.6. The molecular weight excluding hydrogens is 268 g/mol. The first-order valence-corrected chi connectivity index (χ1v) is 8.16. The first-order chi connectivity index (χ1) is 10.1. The van der Waals surface area contributed by atoms with Crippen LogP contribution in [-0.2, 0) is 4.79 Å². The quantitative estimate of drug-likeness (QED) is 0.799. The normalized spacial score (nSPS) is 25.0. The maximum atomic E-state index is 12.5. The van der Waals surface area contributed by atoms with Gasteiger partial charge >= 0.3 is 6.03 Å². The third-order valence-corrected chi connectivity index (χ3v) is 4.85. The number of hydrogen-bond donors (Lipinski definition) is 1. The predicted octanol–water partition coefficient (Wildman–Crippen LogP) is 0.344. The van der Waals surface area contributed by atoms with Gasteiger partial charge in [-0.1, -0.05) is 0 Å². The molecular formula is C15H26N4O2. The fourth-order valence-electron chi connectivity index (χ4n) is 3.11. The van der Waals surface area contributed by atoms with Crippen molar-refractivity contribution in [3.05, 3.63) is 0 Å². The van der Waals surface area contributed by atoms with E-state index in [0.717, 1.165) is 51.9 Å². The summed E-state index contributed by atoms with van der Waals surface area (Å²) < 4.78 is 0. The van der Waals surface area contributed by atoms with Gasteiger partial charge in [-0.05, 0) is 32.7 Å². The molecule has 2 heterocycles. The van der Waals surface area contributed by atoms with Crippen molar-refractivity contribution in [1.29, 1.82) is 0 Å². The molecule has 1 aliphatic carbocycles. The van der Waals surface area contributed by atoms with Crippen molar-refractivity contribution >= 4 is 11.9 Å². The SMILES string of the molecule is CN1CCN(C(=O)C2CCN(C(=O)NC3CC3)CC2)CC1. The smallest absolute Gasteiger partial charge is 0.317 e. The lowest BCUT2D eigenvalue weighted by Gasteiger charge is -2.37. The van der Waals surface area contributed by atoms with Crippen LogP contribution in [0.3, 0.4) is 0 Å². The summed E-state index contributed by atoms with van der Waals surface area (Å²) in [4.78, 5) is 30.6. The summed E-state index contributed by atoms with van der Waals surface area (Å²) in [5, 5.41) is 3.02. The summed E-state index contributed by atoms with van der Waals surface area (Å²) in [7, 11) is 2.10. The van der Waals surface area contributed by atoms with Crippen LogP contribution in [0, 0.1) is 5.92 Å². The van der Waals surface area contributed by atoms with Gasteiger partial charge in [-0.2, -0.15) is 0 Å². The summed E-state index contributed by atoms with van der Waals surface area (Å²) in [6.07, 6.45) is 3.85. The van der Waals surface area contributed by atoms with Crippen LogP contribution in [0.5, 0.6) is 0 Å². The molecule has 2 saturated heterocycles. The van der Waals surface area contributed by atoms with Gasteiger partial charge in [0.1, 0.15) is 0 Å². The van der Waals surface area contributed by atoms with E-state index in [1.54, 1.807) is 0 Å². The van der Waals surface area contributed by atoms with Crippen LogP contribution in [0.2, 0.25) is 0 Å². The fraction of sp³-hybridized carbons (Fsp3) is 0.867. The second-order valence-corrected chi connectivity index (χ2v) is 6.61. The molecule has 2 aliphatic heterocycles. The molecule has 0 aromatic carbocycles. The monoisotopic (exact) mass is 294 g/mol. The number of urea groups is 1. The highest BCUT2D eigenvalue weighted by Gasteiger charge is 2.32. The maximum Gasteiger partial charge on any atom is 0.317 e. The van der Waals surface area contributed by atoms with Crippen molar-refractivity contribution in [2.24, 2.45) is 5.92 Å². The molecule has 3 fully saturated rings. The Morgan fingerprint density at radius 3 is 2.05 bits per heavy atom. The van der Waals surface area contributed by atoms with Gasteiger partial charge < -0.3 is 20.0 Å². The number of rotatable bonds is 2. The van der Waals surface area contributed by atoms with E-state index >= 15 is 0 Å². The second-order valence-electron chi connectivity index (χ2n) is 6.61. The van der Waals surface area contributed by atoms with Gasteiger partial charge in [-0.25, -0.2) is 4.79 Å². The minimum Gasteiger partial charge on any atom is -0.340 e. The van der Waals surface area contributed by atoms with E-state index in [2.05, 4.69) is 17.3 Å². The molecule has 0 spiro atoms. The van der Waals surface area contributed by atoms with Crippen molar-refractivity contribution < 1.29 is 9.59 Å². The zero-order valence-electron chi connectivity index (χ0n) is 12.9. The van der Waals surface area contributed by atoms with Gasteiger partial charge in [0.05, 0.1) is 0 Å². The molecule has 0 radical (unpaired) electrons. The Morgan fingerprint density at radius 2 is 1.48 bits per heavy atom. The number of likely N-dealkylation sites (N-methyl/N-ethyl adjacent to an activating group) is 1. The van der Waals surface area contributed by atoms with E-state index in [0.29, 0.717) is 25.0 Å². The number of amides is 3. The molecule has 6 nitrogen and oxygen atoms in total. The van der Waals surface area contributed by atoms with E-state index in [9.17, 15) is 9.59 Å². The number of carbonyl (C=O) groups excluding carboxylic acids is 2. The standard InChI is InChI=1S/C15H26N4O2/c1-17-8-10-18(11-9-17)14(20)12-4-6-19(7-5-12)15(21)16-13-2-3-13/h12-13H,2-11H2,1H3,(H,16,21). The predicted molar refractivity (Wildman–Crippen MR) is 79.9 cm³/mol. The lowest BCUT2D eigenvalue weighted by atomic mass is 9.95.